The van der Waals surface area contributed by atoms with Gasteiger partial charge in [-0.05, 0) is 46.7 Å². The Morgan fingerprint density at radius 3 is 2.58 bits per heavy atom. The molecule has 0 radical (unpaired) electrons. The van der Waals surface area contributed by atoms with Crippen LogP contribution in [-0.2, 0) is 4.79 Å². The minimum atomic E-state index is 0.0535. The van der Waals surface area contributed by atoms with E-state index in [1.54, 1.807) is 0 Å². The molecule has 1 aliphatic rings. The highest BCUT2D eigenvalue weighted by Gasteiger charge is 2.36. The van der Waals surface area contributed by atoms with Gasteiger partial charge in [0.1, 0.15) is 0 Å². The molecule has 0 aromatic heterocycles. The van der Waals surface area contributed by atoms with E-state index >= 15 is 0 Å². The zero-order chi connectivity index (χ0) is 14.4. The first-order valence-electron chi connectivity index (χ1n) is 7.78. The summed E-state index contributed by atoms with van der Waals surface area (Å²) in [5, 5.41) is 3.47. The molecule has 0 saturated carbocycles. The Labute approximate surface area is 118 Å². The van der Waals surface area contributed by atoms with E-state index in [9.17, 15) is 4.79 Å². The van der Waals surface area contributed by atoms with E-state index in [0.717, 1.165) is 38.8 Å². The number of hydrogen-bond acceptors (Lipinski definition) is 3. The number of amides is 1. The van der Waals surface area contributed by atoms with Gasteiger partial charge in [0.15, 0.2) is 0 Å². The number of carbonyl (C=O) groups is 1. The zero-order valence-corrected chi connectivity index (χ0v) is 13.3. The van der Waals surface area contributed by atoms with Gasteiger partial charge >= 0.3 is 0 Å². The lowest BCUT2D eigenvalue weighted by atomic mass is 10.1. The van der Waals surface area contributed by atoms with Gasteiger partial charge in [-0.25, -0.2) is 0 Å². The Hall–Kier alpha value is -0.610. The van der Waals surface area contributed by atoms with E-state index in [1.807, 2.05) is 0 Å². The lowest BCUT2D eigenvalue weighted by molar-refractivity contribution is -0.130. The topological polar surface area (TPSA) is 35.6 Å². The standard InChI is InChI=1S/C15H31N3O/c1-6-9-13-15(19)18(14(7-2)16-13)11-8-10-17(5)12(3)4/h12-14,16H,6-11H2,1-5H3. The summed E-state index contributed by atoms with van der Waals surface area (Å²) in [4.78, 5) is 16.7. The van der Waals surface area contributed by atoms with E-state index in [1.165, 1.54) is 0 Å². The van der Waals surface area contributed by atoms with Crippen LogP contribution < -0.4 is 5.32 Å². The Balaban J connectivity index is 2.44. The van der Waals surface area contributed by atoms with Crippen LogP contribution >= 0.6 is 0 Å². The monoisotopic (exact) mass is 269 g/mol. The first-order valence-corrected chi connectivity index (χ1v) is 7.78. The fourth-order valence-electron chi connectivity index (χ4n) is 2.60. The van der Waals surface area contributed by atoms with E-state index in [-0.39, 0.29) is 12.2 Å². The highest BCUT2D eigenvalue weighted by atomic mass is 16.2. The first-order chi connectivity index (χ1) is 9.01. The van der Waals surface area contributed by atoms with Crippen LogP contribution in [0, 0.1) is 0 Å². The van der Waals surface area contributed by atoms with Gasteiger partial charge in [0.05, 0.1) is 12.2 Å². The Kier molecular flexibility index (Phi) is 6.80. The second-order valence-corrected chi connectivity index (χ2v) is 5.89. The zero-order valence-electron chi connectivity index (χ0n) is 13.3. The van der Waals surface area contributed by atoms with Crippen molar-refractivity contribution in [1.29, 1.82) is 0 Å². The van der Waals surface area contributed by atoms with Crippen molar-refractivity contribution in [3.8, 4) is 0 Å². The molecule has 112 valence electrons. The van der Waals surface area contributed by atoms with Gasteiger partial charge in [-0.3, -0.25) is 10.1 Å². The van der Waals surface area contributed by atoms with Crippen molar-refractivity contribution in [2.45, 2.75) is 71.6 Å². The molecule has 19 heavy (non-hydrogen) atoms. The fourth-order valence-corrected chi connectivity index (χ4v) is 2.60. The van der Waals surface area contributed by atoms with Gasteiger partial charge in [0.2, 0.25) is 5.91 Å². The van der Waals surface area contributed by atoms with Crippen LogP contribution in [0.25, 0.3) is 0 Å². The van der Waals surface area contributed by atoms with E-state index in [0.29, 0.717) is 11.9 Å². The van der Waals surface area contributed by atoms with Gasteiger partial charge in [0, 0.05) is 12.6 Å². The number of hydrogen-bond donors (Lipinski definition) is 1. The molecule has 4 heteroatoms. The maximum atomic E-state index is 12.3. The first kappa shape index (κ1) is 16.4. The van der Waals surface area contributed by atoms with Crippen molar-refractivity contribution >= 4 is 5.91 Å². The van der Waals surface area contributed by atoms with E-state index in [2.05, 4.69) is 49.9 Å². The van der Waals surface area contributed by atoms with Crippen molar-refractivity contribution in [3.63, 3.8) is 0 Å². The van der Waals surface area contributed by atoms with Crippen LogP contribution in [0.3, 0.4) is 0 Å². The van der Waals surface area contributed by atoms with Crippen molar-refractivity contribution in [2.75, 3.05) is 20.1 Å². The molecule has 1 rings (SSSR count). The molecule has 1 heterocycles. The summed E-state index contributed by atoms with van der Waals surface area (Å²) in [6.45, 7) is 10.6. The third kappa shape index (κ3) is 4.46. The van der Waals surface area contributed by atoms with E-state index in [4.69, 9.17) is 0 Å². The van der Waals surface area contributed by atoms with Crippen molar-refractivity contribution in [1.82, 2.24) is 15.1 Å². The summed E-state index contributed by atoms with van der Waals surface area (Å²) >= 11 is 0. The summed E-state index contributed by atoms with van der Waals surface area (Å²) in [7, 11) is 2.14. The molecule has 1 fully saturated rings. The summed E-state index contributed by atoms with van der Waals surface area (Å²) in [5.41, 5.74) is 0. The normalized spacial score (nSPS) is 23.9. The maximum Gasteiger partial charge on any atom is 0.241 e. The second kappa shape index (κ2) is 7.85. The number of nitrogens with zero attached hydrogens (tertiary/aromatic N) is 2. The van der Waals surface area contributed by atoms with Gasteiger partial charge in [-0.15, -0.1) is 0 Å². The predicted molar refractivity (Wildman–Crippen MR) is 80.0 cm³/mol. The molecule has 2 unspecified atom stereocenters. The van der Waals surface area contributed by atoms with Gasteiger partial charge in [-0.1, -0.05) is 20.3 Å². The predicted octanol–water partition coefficient (Wildman–Crippen LogP) is 2.05. The summed E-state index contributed by atoms with van der Waals surface area (Å²) in [5.74, 6) is 0.306. The molecule has 0 aromatic carbocycles. The van der Waals surface area contributed by atoms with Crippen molar-refractivity contribution < 1.29 is 4.79 Å². The molecule has 1 aliphatic heterocycles. The molecule has 0 bridgehead atoms. The molecule has 2 atom stereocenters. The number of nitrogens with one attached hydrogen (secondary N) is 1. The number of rotatable bonds is 8. The van der Waals surface area contributed by atoms with Gasteiger partial charge < -0.3 is 9.80 Å². The molecule has 4 nitrogen and oxygen atoms in total. The van der Waals surface area contributed by atoms with Gasteiger partial charge in [-0.2, -0.15) is 0 Å². The molecule has 1 amide bonds. The fraction of sp³-hybridized carbons (Fsp3) is 0.933. The van der Waals surface area contributed by atoms with E-state index < -0.39 is 0 Å². The van der Waals surface area contributed by atoms with Crippen LogP contribution in [0.2, 0.25) is 0 Å². The van der Waals surface area contributed by atoms with Crippen LogP contribution in [-0.4, -0.2) is 54.1 Å². The Bertz CT molecular complexity index is 281. The lowest BCUT2D eigenvalue weighted by Crippen LogP contribution is -2.39. The van der Waals surface area contributed by atoms with Crippen LogP contribution in [0.4, 0.5) is 0 Å². The average molecular weight is 269 g/mol. The molecular weight excluding hydrogens is 238 g/mol. The number of carbonyl (C=O) groups excluding carboxylic acids is 1. The highest BCUT2D eigenvalue weighted by Crippen LogP contribution is 2.17. The highest BCUT2D eigenvalue weighted by molar-refractivity contribution is 5.84. The summed E-state index contributed by atoms with van der Waals surface area (Å²) in [6, 6.07) is 0.625. The second-order valence-electron chi connectivity index (χ2n) is 5.89. The SMILES string of the molecule is CCCC1NC(CC)N(CCCN(C)C(C)C)C1=O. The molecule has 0 aliphatic carbocycles. The minimum Gasteiger partial charge on any atom is -0.326 e. The van der Waals surface area contributed by atoms with Gasteiger partial charge in [0.25, 0.3) is 0 Å². The quantitative estimate of drug-likeness (QED) is 0.732. The van der Waals surface area contributed by atoms with Crippen molar-refractivity contribution in [3.05, 3.63) is 0 Å². The molecule has 1 saturated heterocycles. The van der Waals surface area contributed by atoms with Crippen molar-refractivity contribution in [2.24, 2.45) is 0 Å². The molecule has 0 spiro atoms. The smallest absolute Gasteiger partial charge is 0.241 e. The third-order valence-electron chi connectivity index (χ3n) is 4.11. The molecular formula is C15H31N3O. The largest absolute Gasteiger partial charge is 0.326 e. The van der Waals surface area contributed by atoms with Crippen LogP contribution in [0.5, 0.6) is 0 Å². The minimum absolute atomic E-state index is 0.0535. The lowest BCUT2D eigenvalue weighted by Gasteiger charge is -2.26. The Morgan fingerprint density at radius 1 is 1.37 bits per heavy atom. The summed E-state index contributed by atoms with van der Waals surface area (Å²) < 4.78 is 0. The molecule has 0 aromatic rings. The third-order valence-corrected chi connectivity index (χ3v) is 4.11. The Morgan fingerprint density at radius 2 is 2.05 bits per heavy atom. The summed E-state index contributed by atoms with van der Waals surface area (Å²) in [6.07, 6.45) is 4.30. The van der Waals surface area contributed by atoms with Crippen LogP contribution in [0.1, 0.15) is 53.4 Å². The molecule has 1 N–H and O–H groups in total. The average Bonchev–Trinajstić information content (AvgIpc) is 2.67. The maximum absolute atomic E-state index is 12.3. The van der Waals surface area contributed by atoms with Crippen LogP contribution in [0.15, 0.2) is 0 Å².